The van der Waals surface area contributed by atoms with Crippen molar-refractivity contribution in [2.75, 3.05) is 5.75 Å². The first kappa shape index (κ1) is 24.5. The minimum absolute atomic E-state index is 0.00897. The first-order valence-corrected chi connectivity index (χ1v) is 14.0. The molecule has 1 aliphatic rings. The van der Waals surface area contributed by atoms with E-state index in [1.54, 1.807) is 0 Å². The molecule has 0 amide bonds. The Bertz CT molecular complexity index is 1850. The molecule has 0 atom stereocenters. The Hall–Kier alpha value is -3.20. The quantitative estimate of drug-likeness (QED) is 0.378. The standard InChI is InChI=1S/C21H20F3N5O5S2/c1-4-35(31,32)20-16(26-15-9-12(7-8-29(15)20)36(33,34)11-5-6-11)18-25-13-10-14(21(22,23)24)27(2)19(30)17(13)28(18)3/h7-11H,4-6H2,1-3H3. The molecular weight excluding hydrogens is 523 g/mol. The van der Waals surface area contributed by atoms with Crippen molar-refractivity contribution in [3.63, 3.8) is 0 Å². The van der Waals surface area contributed by atoms with E-state index in [-0.39, 0.29) is 43.9 Å². The predicted octanol–water partition coefficient (Wildman–Crippen LogP) is 2.34. The van der Waals surface area contributed by atoms with Gasteiger partial charge in [0.05, 0.1) is 21.4 Å². The number of hydrogen-bond acceptors (Lipinski definition) is 7. The van der Waals surface area contributed by atoms with Gasteiger partial charge in [0, 0.05) is 26.4 Å². The SMILES string of the molecule is CCS(=O)(=O)c1c(-c2nc3cc(C(F)(F)F)n(C)c(=O)c3n2C)nc2cc(S(=O)(=O)C3CC3)ccn12. The number of hydrogen-bond donors (Lipinski definition) is 0. The lowest BCUT2D eigenvalue weighted by Gasteiger charge is -2.11. The van der Waals surface area contributed by atoms with Crippen molar-refractivity contribution in [1.82, 2.24) is 23.5 Å². The van der Waals surface area contributed by atoms with Crippen LogP contribution in [0.5, 0.6) is 0 Å². The molecule has 1 fully saturated rings. The summed E-state index contributed by atoms with van der Waals surface area (Å²) in [6.45, 7) is 1.41. The molecule has 4 aromatic rings. The molecule has 4 heterocycles. The van der Waals surface area contributed by atoms with Crippen molar-refractivity contribution in [2.45, 2.75) is 41.1 Å². The van der Waals surface area contributed by atoms with Crippen molar-refractivity contribution < 1.29 is 30.0 Å². The van der Waals surface area contributed by atoms with Crippen molar-refractivity contribution in [3.8, 4) is 11.5 Å². The maximum Gasteiger partial charge on any atom is 0.431 e. The number of aromatic nitrogens is 5. The van der Waals surface area contributed by atoms with E-state index in [1.807, 2.05) is 0 Å². The molecule has 1 saturated carbocycles. The number of imidazole rings is 2. The molecule has 4 aromatic heterocycles. The zero-order valence-electron chi connectivity index (χ0n) is 19.2. The minimum atomic E-state index is -4.82. The van der Waals surface area contributed by atoms with E-state index in [1.165, 1.54) is 41.3 Å². The van der Waals surface area contributed by atoms with E-state index in [0.717, 1.165) is 7.05 Å². The lowest BCUT2D eigenvalue weighted by atomic mass is 10.3. The number of alkyl halides is 3. The molecule has 0 N–H and O–H groups in total. The van der Waals surface area contributed by atoms with Crippen molar-refractivity contribution in [3.05, 3.63) is 40.4 Å². The van der Waals surface area contributed by atoms with Crippen LogP contribution < -0.4 is 5.56 Å². The third-order valence-electron chi connectivity index (χ3n) is 6.29. The van der Waals surface area contributed by atoms with Crippen molar-refractivity contribution in [1.29, 1.82) is 0 Å². The van der Waals surface area contributed by atoms with Crippen molar-refractivity contribution >= 4 is 36.4 Å². The Balaban J connectivity index is 1.83. The van der Waals surface area contributed by atoms with Crippen LogP contribution in [-0.2, 0) is 39.9 Å². The Labute approximate surface area is 202 Å². The normalized spacial score (nSPS) is 15.3. The van der Waals surface area contributed by atoms with Crippen LogP contribution in [0.2, 0.25) is 0 Å². The number of halogens is 3. The number of sulfone groups is 2. The van der Waals surface area contributed by atoms with Crippen LogP contribution >= 0.6 is 0 Å². The molecular formula is C21H20F3N5O5S2. The van der Waals surface area contributed by atoms with Crippen LogP contribution in [0, 0.1) is 0 Å². The average molecular weight is 544 g/mol. The van der Waals surface area contributed by atoms with E-state index >= 15 is 0 Å². The molecule has 0 saturated heterocycles. The highest BCUT2D eigenvalue weighted by Crippen LogP contribution is 2.36. The summed E-state index contributed by atoms with van der Waals surface area (Å²) in [7, 11) is -5.23. The summed E-state index contributed by atoms with van der Waals surface area (Å²) in [6.07, 6.45) is -2.45. The zero-order valence-corrected chi connectivity index (χ0v) is 20.9. The van der Waals surface area contributed by atoms with Gasteiger partial charge in [-0.3, -0.25) is 9.20 Å². The van der Waals surface area contributed by atoms with Gasteiger partial charge < -0.3 is 9.13 Å². The van der Waals surface area contributed by atoms with Gasteiger partial charge in [0.2, 0.25) is 0 Å². The molecule has 0 aliphatic heterocycles. The van der Waals surface area contributed by atoms with Crippen molar-refractivity contribution in [2.24, 2.45) is 14.1 Å². The first-order valence-electron chi connectivity index (χ1n) is 10.8. The maximum atomic E-state index is 13.4. The third kappa shape index (κ3) is 3.55. The van der Waals surface area contributed by atoms with E-state index in [9.17, 15) is 34.8 Å². The van der Waals surface area contributed by atoms with E-state index < -0.39 is 42.4 Å². The summed E-state index contributed by atoms with van der Waals surface area (Å²) in [4.78, 5) is 21.3. The number of pyridine rings is 2. The van der Waals surface area contributed by atoms with Crippen LogP contribution in [0.1, 0.15) is 25.5 Å². The highest BCUT2D eigenvalue weighted by Gasteiger charge is 2.38. The highest BCUT2D eigenvalue weighted by atomic mass is 32.2. The van der Waals surface area contributed by atoms with Gasteiger partial charge in [0.25, 0.3) is 5.56 Å². The topological polar surface area (TPSA) is 125 Å². The smallest absolute Gasteiger partial charge is 0.321 e. The van der Waals surface area contributed by atoms with Crippen LogP contribution in [-0.4, -0.2) is 51.3 Å². The van der Waals surface area contributed by atoms with E-state index in [2.05, 4.69) is 9.97 Å². The van der Waals surface area contributed by atoms with Gasteiger partial charge in [-0.2, -0.15) is 13.2 Å². The predicted molar refractivity (Wildman–Crippen MR) is 123 cm³/mol. The summed E-state index contributed by atoms with van der Waals surface area (Å²) >= 11 is 0. The Kier molecular flexibility index (Phi) is 5.20. The summed E-state index contributed by atoms with van der Waals surface area (Å²) in [6, 6.07) is 3.26. The lowest BCUT2D eigenvalue weighted by molar-refractivity contribution is -0.143. The van der Waals surface area contributed by atoms with Gasteiger partial charge in [-0.05, 0) is 25.0 Å². The van der Waals surface area contributed by atoms with E-state index in [0.29, 0.717) is 23.5 Å². The molecule has 0 unspecified atom stereocenters. The van der Waals surface area contributed by atoms with Gasteiger partial charge in [-0.15, -0.1) is 0 Å². The second-order valence-electron chi connectivity index (χ2n) is 8.62. The largest absolute Gasteiger partial charge is 0.431 e. The second-order valence-corrected chi connectivity index (χ2v) is 13.0. The fourth-order valence-corrected chi connectivity index (χ4v) is 7.00. The molecule has 15 heteroatoms. The number of nitrogens with zero attached hydrogens (tertiary/aromatic N) is 5. The zero-order chi connectivity index (χ0) is 26.4. The molecule has 0 spiro atoms. The minimum Gasteiger partial charge on any atom is -0.321 e. The van der Waals surface area contributed by atoms with Crippen LogP contribution in [0.3, 0.4) is 0 Å². The molecule has 192 valence electrons. The number of aryl methyl sites for hydroxylation is 1. The monoisotopic (exact) mass is 543 g/mol. The average Bonchev–Trinajstić information content (AvgIpc) is 3.51. The number of rotatable bonds is 5. The van der Waals surface area contributed by atoms with E-state index in [4.69, 9.17) is 0 Å². The Morgan fingerprint density at radius 1 is 1.06 bits per heavy atom. The summed E-state index contributed by atoms with van der Waals surface area (Å²) in [5.74, 6) is -0.483. The Morgan fingerprint density at radius 2 is 1.72 bits per heavy atom. The van der Waals surface area contributed by atoms with Crippen LogP contribution in [0.4, 0.5) is 13.2 Å². The van der Waals surface area contributed by atoms with Gasteiger partial charge >= 0.3 is 6.18 Å². The number of fused-ring (bicyclic) bond motifs is 2. The molecule has 36 heavy (non-hydrogen) atoms. The lowest BCUT2D eigenvalue weighted by Crippen LogP contribution is -2.26. The molecule has 5 rings (SSSR count). The second kappa shape index (κ2) is 7.65. The third-order valence-corrected chi connectivity index (χ3v) is 10.3. The molecule has 0 aromatic carbocycles. The maximum absolute atomic E-state index is 13.4. The van der Waals surface area contributed by atoms with Gasteiger partial charge in [0.15, 0.2) is 30.5 Å². The molecule has 1 aliphatic carbocycles. The van der Waals surface area contributed by atoms with Gasteiger partial charge in [-0.25, -0.2) is 26.8 Å². The fourth-order valence-electron chi connectivity index (χ4n) is 4.18. The van der Waals surface area contributed by atoms with Gasteiger partial charge in [-0.1, -0.05) is 6.92 Å². The van der Waals surface area contributed by atoms with Crippen LogP contribution in [0.25, 0.3) is 28.2 Å². The molecule has 0 bridgehead atoms. The summed E-state index contributed by atoms with van der Waals surface area (Å²) in [5.41, 5.74) is -2.83. The Morgan fingerprint density at radius 3 is 2.31 bits per heavy atom. The summed E-state index contributed by atoms with van der Waals surface area (Å²) < 4.78 is 94.8. The molecule has 10 nitrogen and oxygen atoms in total. The summed E-state index contributed by atoms with van der Waals surface area (Å²) in [5, 5.41) is -0.797. The van der Waals surface area contributed by atoms with Gasteiger partial charge in [0.1, 0.15) is 22.6 Å². The highest BCUT2D eigenvalue weighted by molar-refractivity contribution is 7.92. The molecule has 0 radical (unpaired) electrons. The van der Waals surface area contributed by atoms with Crippen LogP contribution in [0.15, 0.2) is 39.1 Å². The fraction of sp³-hybridized carbons (Fsp3) is 0.381. The first-order chi connectivity index (χ1) is 16.7.